The molecule has 0 aliphatic carbocycles. The first-order valence-corrected chi connectivity index (χ1v) is 6.93. The smallest absolute Gasteiger partial charge is 0.225 e. The predicted molar refractivity (Wildman–Crippen MR) is 83.7 cm³/mol. The predicted octanol–water partition coefficient (Wildman–Crippen LogP) is 2.98. The van der Waals surface area contributed by atoms with Gasteiger partial charge in [0, 0.05) is 18.2 Å². The molecule has 20 heavy (non-hydrogen) atoms. The fraction of sp³-hybridized carbons (Fsp3) is 0.533. The van der Waals surface area contributed by atoms with Crippen LogP contribution >= 0.6 is 12.4 Å². The van der Waals surface area contributed by atoms with Gasteiger partial charge in [-0.3, -0.25) is 4.79 Å². The van der Waals surface area contributed by atoms with E-state index in [1.54, 1.807) is 0 Å². The standard InChI is InChI=1S/C15H22N2O2.ClH/c1-11(2)19-14-7-5-12(6-8-14)17-15(18)10-13-4-3-9-16-13;/h5-8,11,13,16H,3-4,9-10H2,1-2H3,(H,17,18);1H. The molecule has 1 aliphatic heterocycles. The first kappa shape index (κ1) is 16.8. The van der Waals surface area contributed by atoms with Crippen molar-refractivity contribution in [2.75, 3.05) is 11.9 Å². The summed E-state index contributed by atoms with van der Waals surface area (Å²) in [6.45, 7) is 5.01. The van der Waals surface area contributed by atoms with E-state index in [0.717, 1.165) is 24.4 Å². The molecule has 1 amide bonds. The average molecular weight is 299 g/mol. The van der Waals surface area contributed by atoms with E-state index < -0.39 is 0 Å². The van der Waals surface area contributed by atoms with Crippen molar-refractivity contribution in [3.63, 3.8) is 0 Å². The Bertz CT molecular complexity index is 414. The van der Waals surface area contributed by atoms with Gasteiger partial charge in [0.05, 0.1) is 6.10 Å². The lowest BCUT2D eigenvalue weighted by Gasteiger charge is -2.12. The molecule has 2 rings (SSSR count). The molecule has 1 saturated heterocycles. The third-order valence-corrected chi connectivity index (χ3v) is 3.10. The second kappa shape index (κ2) is 8.12. The highest BCUT2D eigenvalue weighted by molar-refractivity contribution is 5.91. The average Bonchev–Trinajstić information content (AvgIpc) is 2.83. The first-order valence-electron chi connectivity index (χ1n) is 6.93. The van der Waals surface area contributed by atoms with Gasteiger partial charge in [-0.2, -0.15) is 0 Å². The monoisotopic (exact) mass is 298 g/mol. The van der Waals surface area contributed by atoms with Crippen molar-refractivity contribution in [3.05, 3.63) is 24.3 Å². The summed E-state index contributed by atoms with van der Waals surface area (Å²) >= 11 is 0. The summed E-state index contributed by atoms with van der Waals surface area (Å²) in [4.78, 5) is 11.8. The van der Waals surface area contributed by atoms with Crippen LogP contribution in [0.25, 0.3) is 0 Å². The SMILES string of the molecule is CC(C)Oc1ccc(NC(=O)CC2CCCN2)cc1.Cl. The molecule has 0 bridgehead atoms. The fourth-order valence-corrected chi connectivity index (χ4v) is 2.26. The first-order chi connectivity index (χ1) is 9.13. The van der Waals surface area contributed by atoms with Gasteiger partial charge in [0.2, 0.25) is 5.91 Å². The highest BCUT2D eigenvalue weighted by atomic mass is 35.5. The summed E-state index contributed by atoms with van der Waals surface area (Å²) in [7, 11) is 0. The lowest BCUT2D eigenvalue weighted by molar-refractivity contribution is -0.116. The summed E-state index contributed by atoms with van der Waals surface area (Å²) in [6.07, 6.45) is 2.96. The molecule has 1 atom stereocenters. The van der Waals surface area contributed by atoms with Crippen LogP contribution in [-0.2, 0) is 4.79 Å². The molecular weight excluding hydrogens is 276 g/mol. The van der Waals surface area contributed by atoms with E-state index in [1.807, 2.05) is 38.1 Å². The van der Waals surface area contributed by atoms with Gasteiger partial charge in [-0.25, -0.2) is 0 Å². The minimum absolute atomic E-state index is 0. The highest BCUT2D eigenvalue weighted by Crippen LogP contribution is 2.17. The maximum absolute atomic E-state index is 11.8. The van der Waals surface area contributed by atoms with Gasteiger partial charge >= 0.3 is 0 Å². The largest absolute Gasteiger partial charge is 0.491 e. The van der Waals surface area contributed by atoms with Crippen LogP contribution in [0.3, 0.4) is 0 Å². The molecule has 0 saturated carbocycles. The molecule has 1 aromatic carbocycles. The van der Waals surface area contributed by atoms with Gasteiger partial charge in [0.15, 0.2) is 0 Å². The van der Waals surface area contributed by atoms with Gasteiger partial charge in [-0.15, -0.1) is 12.4 Å². The zero-order valence-corrected chi connectivity index (χ0v) is 12.8. The van der Waals surface area contributed by atoms with Crippen molar-refractivity contribution in [1.29, 1.82) is 0 Å². The molecule has 2 N–H and O–H groups in total. The van der Waals surface area contributed by atoms with E-state index in [-0.39, 0.29) is 24.4 Å². The number of carbonyl (C=O) groups is 1. The molecule has 1 unspecified atom stereocenters. The lowest BCUT2D eigenvalue weighted by atomic mass is 10.1. The molecule has 4 nitrogen and oxygen atoms in total. The Kier molecular flexibility index (Phi) is 6.82. The third kappa shape index (κ3) is 5.39. The quantitative estimate of drug-likeness (QED) is 0.878. The summed E-state index contributed by atoms with van der Waals surface area (Å²) in [5.74, 6) is 0.891. The number of anilines is 1. The zero-order valence-electron chi connectivity index (χ0n) is 12.0. The van der Waals surface area contributed by atoms with Crippen LogP contribution < -0.4 is 15.4 Å². The van der Waals surface area contributed by atoms with Crippen LogP contribution in [0.5, 0.6) is 5.75 Å². The van der Waals surface area contributed by atoms with Crippen LogP contribution in [-0.4, -0.2) is 24.6 Å². The summed E-state index contributed by atoms with van der Waals surface area (Å²) in [5, 5.41) is 6.24. The van der Waals surface area contributed by atoms with Crippen LogP contribution in [0.15, 0.2) is 24.3 Å². The molecule has 1 aliphatic rings. The lowest BCUT2D eigenvalue weighted by Crippen LogP contribution is -2.27. The molecule has 1 fully saturated rings. The van der Waals surface area contributed by atoms with Crippen molar-refractivity contribution in [2.45, 2.75) is 45.3 Å². The van der Waals surface area contributed by atoms with Crippen molar-refractivity contribution in [2.24, 2.45) is 0 Å². The zero-order chi connectivity index (χ0) is 13.7. The van der Waals surface area contributed by atoms with Crippen LogP contribution in [0.2, 0.25) is 0 Å². The number of carbonyl (C=O) groups excluding carboxylic acids is 1. The van der Waals surface area contributed by atoms with E-state index in [2.05, 4.69) is 10.6 Å². The number of hydrogen-bond acceptors (Lipinski definition) is 3. The Balaban J connectivity index is 0.00000200. The number of nitrogens with one attached hydrogen (secondary N) is 2. The number of hydrogen-bond donors (Lipinski definition) is 2. The molecule has 0 aromatic heterocycles. The van der Waals surface area contributed by atoms with E-state index in [9.17, 15) is 4.79 Å². The minimum atomic E-state index is 0. The number of halogens is 1. The van der Waals surface area contributed by atoms with E-state index in [4.69, 9.17) is 4.74 Å². The van der Waals surface area contributed by atoms with E-state index in [0.29, 0.717) is 12.5 Å². The topological polar surface area (TPSA) is 50.4 Å². The summed E-state index contributed by atoms with van der Waals surface area (Å²) in [6, 6.07) is 7.84. The Morgan fingerprint density at radius 3 is 2.65 bits per heavy atom. The Hall–Kier alpha value is -1.26. The fourth-order valence-electron chi connectivity index (χ4n) is 2.26. The Morgan fingerprint density at radius 1 is 1.40 bits per heavy atom. The van der Waals surface area contributed by atoms with Gasteiger partial charge in [0.1, 0.15) is 5.75 Å². The second-order valence-electron chi connectivity index (χ2n) is 5.24. The van der Waals surface area contributed by atoms with Crippen LogP contribution in [0.1, 0.15) is 33.1 Å². The molecule has 112 valence electrons. The maximum atomic E-state index is 11.8. The van der Waals surface area contributed by atoms with Crippen LogP contribution in [0, 0.1) is 0 Å². The number of rotatable bonds is 5. The number of benzene rings is 1. The number of amides is 1. The minimum Gasteiger partial charge on any atom is -0.491 e. The molecule has 0 spiro atoms. The summed E-state index contributed by atoms with van der Waals surface area (Å²) in [5.41, 5.74) is 0.819. The molecular formula is C15H23ClN2O2. The molecule has 1 heterocycles. The van der Waals surface area contributed by atoms with E-state index in [1.165, 1.54) is 6.42 Å². The van der Waals surface area contributed by atoms with Crippen molar-refractivity contribution in [1.82, 2.24) is 5.32 Å². The molecule has 1 aromatic rings. The third-order valence-electron chi connectivity index (χ3n) is 3.10. The molecule has 5 heteroatoms. The maximum Gasteiger partial charge on any atom is 0.225 e. The normalized spacial score (nSPS) is 17.6. The highest BCUT2D eigenvalue weighted by Gasteiger charge is 2.17. The summed E-state index contributed by atoms with van der Waals surface area (Å²) < 4.78 is 5.56. The second-order valence-corrected chi connectivity index (χ2v) is 5.24. The van der Waals surface area contributed by atoms with Crippen molar-refractivity contribution in [3.8, 4) is 5.75 Å². The van der Waals surface area contributed by atoms with Gasteiger partial charge in [-0.05, 0) is 57.5 Å². The Morgan fingerprint density at radius 2 is 2.10 bits per heavy atom. The number of ether oxygens (including phenoxy) is 1. The Labute approximate surface area is 126 Å². The van der Waals surface area contributed by atoms with Crippen molar-refractivity contribution < 1.29 is 9.53 Å². The van der Waals surface area contributed by atoms with E-state index >= 15 is 0 Å². The molecule has 0 radical (unpaired) electrons. The van der Waals surface area contributed by atoms with Gasteiger partial charge in [-0.1, -0.05) is 0 Å². The van der Waals surface area contributed by atoms with Crippen molar-refractivity contribution >= 4 is 24.0 Å². The van der Waals surface area contributed by atoms with Crippen LogP contribution in [0.4, 0.5) is 5.69 Å². The van der Waals surface area contributed by atoms with Gasteiger partial charge < -0.3 is 15.4 Å². The van der Waals surface area contributed by atoms with Gasteiger partial charge in [0.25, 0.3) is 0 Å².